The second-order valence-corrected chi connectivity index (χ2v) is 7.85. The molecule has 0 aliphatic rings. The Morgan fingerprint density at radius 1 is 1.17 bits per heavy atom. The topological polar surface area (TPSA) is 52.6 Å². The van der Waals surface area contributed by atoms with E-state index in [0.29, 0.717) is 12.1 Å². The molecule has 5 nitrogen and oxygen atoms in total. The summed E-state index contributed by atoms with van der Waals surface area (Å²) in [6.45, 7) is 16.1. The van der Waals surface area contributed by atoms with Crippen LogP contribution < -0.4 is 10.6 Å². The Kier molecular flexibility index (Phi) is 9.29. The van der Waals surface area contributed by atoms with Crippen LogP contribution in [0.15, 0.2) is 4.99 Å². The van der Waals surface area contributed by atoms with E-state index in [1.807, 2.05) is 18.4 Å². The van der Waals surface area contributed by atoms with Crippen molar-refractivity contribution < 1.29 is 0 Å². The molecule has 1 heterocycles. The second-order valence-electron chi connectivity index (χ2n) is 6.57. The Labute approximate surface area is 152 Å². The van der Waals surface area contributed by atoms with Gasteiger partial charge in [-0.05, 0) is 41.0 Å². The molecule has 1 aromatic heterocycles. The van der Waals surface area contributed by atoms with Crippen molar-refractivity contribution in [3.63, 3.8) is 0 Å². The number of nitrogens with one attached hydrogen (secondary N) is 2. The smallest absolute Gasteiger partial charge is 0.191 e. The van der Waals surface area contributed by atoms with Crippen LogP contribution in [0.5, 0.6) is 0 Å². The van der Waals surface area contributed by atoms with Crippen molar-refractivity contribution in [3.05, 3.63) is 15.6 Å². The van der Waals surface area contributed by atoms with Gasteiger partial charge in [-0.2, -0.15) is 0 Å². The molecule has 24 heavy (non-hydrogen) atoms. The number of aliphatic imine (C=N–C) groups is 1. The monoisotopic (exact) mass is 353 g/mol. The van der Waals surface area contributed by atoms with Gasteiger partial charge in [0.25, 0.3) is 0 Å². The highest BCUT2D eigenvalue weighted by Crippen LogP contribution is 2.17. The Hall–Kier alpha value is -1.14. The Balaban J connectivity index is 2.34. The number of hydrogen-bond donors (Lipinski definition) is 2. The van der Waals surface area contributed by atoms with Crippen LogP contribution in [-0.4, -0.2) is 54.6 Å². The van der Waals surface area contributed by atoms with Crippen molar-refractivity contribution in [3.8, 4) is 0 Å². The first-order valence-corrected chi connectivity index (χ1v) is 9.86. The fraction of sp³-hybridized carbons (Fsp3) is 0.778. The van der Waals surface area contributed by atoms with Crippen molar-refractivity contribution in [1.29, 1.82) is 0 Å². The number of rotatable bonds is 9. The molecule has 0 fully saturated rings. The zero-order chi connectivity index (χ0) is 18.1. The van der Waals surface area contributed by atoms with Crippen LogP contribution in [0, 0.1) is 6.92 Å². The SMILES string of the molecule is CCc1nc(CCNC(=NC)NCCN(C(C)C)C(C)C)sc1C. The standard InChI is InChI=1S/C18H35N5S/c1-8-16-15(6)24-17(22-16)9-10-20-18(19-7)21-11-12-23(13(2)3)14(4)5/h13-14H,8-12H2,1-7H3,(H2,19,20,21). The number of nitrogens with zero attached hydrogens (tertiary/aromatic N) is 3. The summed E-state index contributed by atoms with van der Waals surface area (Å²) in [5.74, 6) is 0.867. The molecule has 0 radical (unpaired) electrons. The van der Waals surface area contributed by atoms with Gasteiger partial charge in [0.2, 0.25) is 0 Å². The number of aromatic nitrogens is 1. The molecule has 0 atom stereocenters. The van der Waals surface area contributed by atoms with Gasteiger partial charge in [0.15, 0.2) is 5.96 Å². The first-order chi connectivity index (χ1) is 11.4. The van der Waals surface area contributed by atoms with E-state index in [0.717, 1.165) is 38.4 Å². The van der Waals surface area contributed by atoms with Crippen LogP contribution in [0.2, 0.25) is 0 Å². The quantitative estimate of drug-likeness (QED) is 0.529. The largest absolute Gasteiger partial charge is 0.356 e. The molecule has 0 amide bonds. The summed E-state index contributed by atoms with van der Waals surface area (Å²) in [6, 6.07) is 1.12. The highest BCUT2D eigenvalue weighted by atomic mass is 32.1. The fourth-order valence-corrected chi connectivity index (χ4v) is 3.87. The minimum atomic E-state index is 0.558. The van der Waals surface area contributed by atoms with Crippen LogP contribution in [0.1, 0.15) is 50.2 Å². The average molecular weight is 354 g/mol. The van der Waals surface area contributed by atoms with Gasteiger partial charge in [-0.3, -0.25) is 9.89 Å². The summed E-state index contributed by atoms with van der Waals surface area (Å²) in [5.41, 5.74) is 1.24. The Bertz CT molecular complexity index is 500. The molecule has 6 heteroatoms. The minimum absolute atomic E-state index is 0.558. The van der Waals surface area contributed by atoms with Crippen LogP contribution in [0.3, 0.4) is 0 Å². The van der Waals surface area contributed by atoms with Gasteiger partial charge >= 0.3 is 0 Å². The lowest BCUT2D eigenvalue weighted by Gasteiger charge is -2.30. The predicted molar refractivity (Wildman–Crippen MR) is 106 cm³/mol. The molecular formula is C18H35N5S. The molecule has 0 unspecified atom stereocenters. The van der Waals surface area contributed by atoms with E-state index in [2.05, 4.69) is 67.1 Å². The van der Waals surface area contributed by atoms with E-state index in [-0.39, 0.29) is 0 Å². The number of guanidine groups is 1. The summed E-state index contributed by atoms with van der Waals surface area (Å²) >= 11 is 1.81. The third-order valence-corrected chi connectivity index (χ3v) is 5.19. The van der Waals surface area contributed by atoms with Crippen LogP contribution >= 0.6 is 11.3 Å². The molecule has 0 bridgehead atoms. The van der Waals surface area contributed by atoms with Gasteiger partial charge in [0, 0.05) is 50.1 Å². The molecule has 0 saturated carbocycles. The van der Waals surface area contributed by atoms with Gasteiger partial charge in [-0.25, -0.2) is 4.98 Å². The molecule has 2 N–H and O–H groups in total. The van der Waals surface area contributed by atoms with E-state index in [1.165, 1.54) is 15.6 Å². The molecular weight excluding hydrogens is 318 g/mol. The van der Waals surface area contributed by atoms with Gasteiger partial charge in [0.05, 0.1) is 10.7 Å². The Morgan fingerprint density at radius 3 is 2.29 bits per heavy atom. The van der Waals surface area contributed by atoms with E-state index >= 15 is 0 Å². The van der Waals surface area contributed by atoms with Crippen LogP contribution in [0.4, 0.5) is 0 Å². The van der Waals surface area contributed by atoms with Gasteiger partial charge in [-0.15, -0.1) is 11.3 Å². The lowest BCUT2D eigenvalue weighted by molar-refractivity contribution is 0.178. The maximum Gasteiger partial charge on any atom is 0.191 e. The lowest BCUT2D eigenvalue weighted by Crippen LogP contribution is -2.45. The summed E-state index contributed by atoms with van der Waals surface area (Å²) in [7, 11) is 1.82. The average Bonchev–Trinajstić information content (AvgIpc) is 2.88. The van der Waals surface area contributed by atoms with E-state index in [9.17, 15) is 0 Å². The normalized spacial score (nSPS) is 12.5. The Morgan fingerprint density at radius 2 is 1.79 bits per heavy atom. The third kappa shape index (κ3) is 6.77. The first kappa shape index (κ1) is 20.9. The second kappa shape index (κ2) is 10.7. The van der Waals surface area contributed by atoms with Crippen molar-refractivity contribution in [2.24, 2.45) is 4.99 Å². The van der Waals surface area contributed by atoms with E-state index in [1.54, 1.807) is 0 Å². The highest BCUT2D eigenvalue weighted by molar-refractivity contribution is 7.11. The highest BCUT2D eigenvalue weighted by Gasteiger charge is 2.12. The minimum Gasteiger partial charge on any atom is -0.356 e. The predicted octanol–water partition coefficient (Wildman–Crippen LogP) is 2.84. The molecule has 0 aromatic carbocycles. The maximum atomic E-state index is 4.69. The van der Waals surface area contributed by atoms with Crippen LogP contribution in [-0.2, 0) is 12.8 Å². The van der Waals surface area contributed by atoms with Crippen molar-refractivity contribution in [2.75, 3.05) is 26.7 Å². The maximum absolute atomic E-state index is 4.69. The summed E-state index contributed by atoms with van der Waals surface area (Å²) in [6.07, 6.45) is 1.96. The van der Waals surface area contributed by atoms with E-state index < -0.39 is 0 Å². The van der Waals surface area contributed by atoms with Gasteiger partial charge < -0.3 is 10.6 Å². The lowest BCUT2D eigenvalue weighted by atomic mass is 10.2. The van der Waals surface area contributed by atoms with Crippen molar-refractivity contribution in [2.45, 2.75) is 66.5 Å². The summed E-state index contributed by atoms with van der Waals surface area (Å²) < 4.78 is 0. The van der Waals surface area contributed by atoms with Crippen LogP contribution in [0.25, 0.3) is 0 Å². The summed E-state index contributed by atoms with van der Waals surface area (Å²) in [4.78, 5) is 12.8. The molecule has 0 saturated heterocycles. The number of aryl methyl sites for hydroxylation is 2. The number of thiazole rings is 1. The molecule has 1 rings (SSSR count). The van der Waals surface area contributed by atoms with Crippen molar-refractivity contribution in [1.82, 2.24) is 20.5 Å². The zero-order valence-corrected chi connectivity index (χ0v) is 17.3. The van der Waals surface area contributed by atoms with Gasteiger partial charge in [-0.1, -0.05) is 6.92 Å². The third-order valence-electron chi connectivity index (χ3n) is 4.12. The molecule has 138 valence electrons. The fourth-order valence-electron chi connectivity index (χ4n) is 2.85. The van der Waals surface area contributed by atoms with Crippen molar-refractivity contribution >= 4 is 17.3 Å². The number of hydrogen-bond acceptors (Lipinski definition) is 4. The summed E-state index contributed by atoms with van der Waals surface area (Å²) in [5, 5.41) is 7.99. The zero-order valence-electron chi connectivity index (χ0n) is 16.4. The van der Waals surface area contributed by atoms with E-state index in [4.69, 9.17) is 0 Å². The molecule has 1 aromatic rings. The van der Waals surface area contributed by atoms with Gasteiger partial charge in [0.1, 0.15) is 0 Å². The first-order valence-electron chi connectivity index (χ1n) is 9.04. The molecule has 0 spiro atoms. The molecule has 0 aliphatic heterocycles. The molecule has 0 aliphatic carbocycles.